The van der Waals surface area contributed by atoms with E-state index < -0.39 is 0 Å². The molecule has 7 heteroatoms. The molecule has 148 valence electrons. The van der Waals surface area contributed by atoms with Gasteiger partial charge in [0, 0.05) is 30.7 Å². The number of oxazole rings is 1. The van der Waals surface area contributed by atoms with Gasteiger partial charge in [0.2, 0.25) is 5.91 Å². The summed E-state index contributed by atoms with van der Waals surface area (Å²) < 4.78 is 13.3. The third-order valence-corrected chi connectivity index (χ3v) is 6.01. The molecule has 0 saturated carbocycles. The van der Waals surface area contributed by atoms with Gasteiger partial charge in [-0.3, -0.25) is 4.79 Å². The topological polar surface area (TPSA) is 84.3 Å². The molecule has 0 aliphatic carbocycles. The molecule has 0 bridgehead atoms. The van der Waals surface area contributed by atoms with Gasteiger partial charge < -0.3 is 18.6 Å². The van der Waals surface area contributed by atoms with Gasteiger partial charge in [0.25, 0.3) is 0 Å². The Morgan fingerprint density at radius 3 is 3.03 bits per heavy atom. The number of aromatic nitrogens is 2. The fourth-order valence-corrected chi connectivity index (χ4v) is 4.35. The zero-order valence-electron chi connectivity index (χ0n) is 16.4. The van der Waals surface area contributed by atoms with Crippen molar-refractivity contribution in [2.24, 2.45) is 0 Å². The van der Waals surface area contributed by atoms with Crippen LogP contribution < -0.4 is 0 Å². The second kappa shape index (κ2) is 7.05. The van der Waals surface area contributed by atoms with Crippen molar-refractivity contribution in [2.45, 2.75) is 38.8 Å². The van der Waals surface area contributed by atoms with Crippen LogP contribution in [-0.2, 0) is 29.0 Å². The van der Waals surface area contributed by atoms with Gasteiger partial charge in [0.15, 0.2) is 5.89 Å². The molecule has 2 aliphatic heterocycles. The van der Waals surface area contributed by atoms with Crippen LogP contribution >= 0.6 is 0 Å². The van der Waals surface area contributed by atoms with Crippen LogP contribution in [0.4, 0.5) is 0 Å². The Labute approximate surface area is 168 Å². The zero-order chi connectivity index (χ0) is 20.0. The summed E-state index contributed by atoms with van der Waals surface area (Å²) in [6.45, 7) is 4.60. The number of nitrogens with zero attached hydrogens (tertiary/aromatic N) is 4. The summed E-state index contributed by atoms with van der Waals surface area (Å²) in [5.41, 5.74) is 3.23. The number of hydrogen-bond donors (Lipinski definition) is 0. The largest absolute Gasteiger partial charge is 0.445 e. The molecule has 5 rings (SSSR count). The SMILES string of the molecule is Cc1c(C#N)c2ccccc2n1CC(=O)N1CCc2oc(C3CCOC3)nc2C1. The summed E-state index contributed by atoms with van der Waals surface area (Å²) in [5, 5.41) is 10.4. The highest BCUT2D eigenvalue weighted by Crippen LogP contribution is 2.29. The Morgan fingerprint density at radius 2 is 2.24 bits per heavy atom. The number of hydrogen-bond acceptors (Lipinski definition) is 5. The van der Waals surface area contributed by atoms with Gasteiger partial charge in [-0.15, -0.1) is 0 Å². The molecule has 3 aromatic rings. The summed E-state index contributed by atoms with van der Waals surface area (Å²) in [5.74, 6) is 1.89. The predicted octanol–water partition coefficient (Wildman–Crippen LogP) is 2.90. The monoisotopic (exact) mass is 390 g/mol. The van der Waals surface area contributed by atoms with E-state index >= 15 is 0 Å². The van der Waals surface area contributed by atoms with Crippen molar-refractivity contribution >= 4 is 16.8 Å². The van der Waals surface area contributed by atoms with Crippen molar-refractivity contribution in [3.05, 3.63) is 52.9 Å². The lowest BCUT2D eigenvalue weighted by Gasteiger charge is -2.26. The summed E-state index contributed by atoms with van der Waals surface area (Å²) >= 11 is 0. The molecule has 29 heavy (non-hydrogen) atoms. The number of ether oxygens (including phenoxy) is 1. The number of amides is 1. The fourth-order valence-electron chi connectivity index (χ4n) is 4.35. The number of rotatable bonds is 3. The number of fused-ring (bicyclic) bond motifs is 2. The van der Waals surface area contributed by atoms with Crippen LogP contribution in [0.1, 0.15) is 40.9 Å². The van der Waals surface area contributed by atoms with Gasteiger partial charge in [-0.2, -0.15) is 5.26 Å². The molecule has 7 nitrogen and oxygen atoms in total. The van der Waals surface area contributed by atoms with Crippen molar-refractivity contribution in [3.8, 4) is 6.07 Å². The molecule has 1 atom stereocenters. The van der Waals surface area contributed by atoms with Crippen molar-refractivity contribution in [2.75, 3.05) is 19.8 Å². The minimum Gasteiger partial charge on any atom is -0.445 e. The van der Waals surface area contributed by atoms with Crippen molar-refractivity contribution in [3.63, 3.8) is 0 Å². The Bertz CT molecular complexity index is 1130. The molecule has 1 saturated heterocycles. The number of benzene rings is 1. The smallest absolute Gasteiger partial charge is 0.242 e. The second-order valence-electron chi connectivity index (χ2n) is 7.72. The molecule has 0 spiro atoms. The van der Waals surface area contributed by atoms with E-state index in [9.17, 15) is 10.1 Å². The van der Waals surface area contributed by atoms with Crippen LogP contribution in [0, 0.1) is 18.3 Å². The van der Waals surface area contributed by atoms with Crippen LogP contribution in [0.25, 0.3) is 10.9 Å². The Morgan fingerprint density at radius 1 is 1.38 bits per heavy atom. The van der Waals surface area contributed by atoms with E-state index in [1.807, 2.05) is 40.7 Å². The lowest BCUT2D eigenvalue weighted by Crippen LogP contribution is -2.38. The molecule has 1 unspecified atom stereocenters. The van der Waals surface area contributed by atoms with Gasteiger partial charge >= 0.3 is 0 Å². The maximum Gasteiger partial charge on any atom is 0.242 e. The molecular formula is C22H22N4O3. The molecule has 1 fully saturated rings. The van der Waals surface area contributed by atoms with Crippen LogP contribution in [0.5, 0.6) is 0 Å². The molecule has 2 aliphatic rings. The first-order valence-electron chi connectivity index (χ1n) is 9.97. The Kier molecular flexibility index (Phi) is 4.36. The predicted molar refractivity (Wildman–Crippen MR) is 105 cm³/mol. The number of para-hydroxylation sites is 1. The van der Waals surface area contributed by atoms with Crippen molar-refractivity contribution in [1.82, 2.24) is 14.5 Å². The van der Waals surface area contributed by atoms with E-state index in [1.54, 1.807) is 0 Å². The number of carbonyl (C=O) groups is 1. The number of carbonyl (C=O) groups excluding carboxylic acids is 1. The molecular weight excluding hydrogens is 368 g/mol. The molecule has 1 aromatic carbocycles. The van der Waals surface area contributed by atoms with Crippen LogP contribution in [0.15, 0.2) is 28.7 Å². The lowest BCUT2D eigenvalue weighted by atomic mass is 10.1. The zero-order valence-corrected chi connectivity index (χ0v) is 16.4. The van der Waals surface area contributed by atoms with Gasteiger partial charge in [0.05, 0.1) is 30.1 Å². The molecule has 0 N–H and O–H groups in total. The normalized spacial score (nSPS) is 18.8. The van der Waals surface area contributed by atoms with Crippen molar-refractivity contribution < 1.29 is 13.9 Å². The molecule has 4 heterocycles. The maximum atomic E-state index is 13.1. The van der Waals surface area contributed by atoms with E-state index in [0.29, 0.717) is 31.7 Å². The minimum absolute atomic E-state index is 0.0257. The Hall–Kier alpha value is -3.11. The minimum atomic E-state index is 0.0257. The van der Waals surface area contributed by atoms with Gasteiger partial charge in [0.1, 0.15) is 24.1 Å². The first-order chi connectivity index (χ1) is 14.2. The van der Waals surface area contributed by atoms with E-state index in [2.05, 4.69) is 11.1 Å². The van der Waals surface area contributed by atoms with E-state index in [0.717, 1.165) is 47.0 Å². The third-order valence-electron chi connectivity index (χ3n) is 6.01. The summed E-state index contributed by atoms with van der Waals surface area (Å²) in [6, 6.07) is 10.0. The molecule has 1 amide bonds. The standard InChI is InChI=1S/C22H22N4O3/c1-14-17(10-23)16-4-2-3-5-19(16)26(14)12-21(27)25-8-6-20-18(11-25)24-22(29-20)15-7-9-28-13-15/h2-5,15H,6-9,11-13H2,1H3. The highest BCUT2D eigenvalue weighted by atomic mass is 16.5. The second-order valence-corrected chi connectivity index (χ2v) is 7.72. The van der Waals surface area contributed by atoms with Gasteiger partial charge in [-0.25, -0.2) is 4.98 Å². The summed E-state index contributed by atoms with van der Waals surface area (Å²) in [6.07, 6.45) is 1.61. The van der Waals surface area contributed by atoms with Crippen LogP contribution in [0.3, 0.4) is 0 Å². The van der Waals surface area contributed by atoms with Crippen LogP contribution in [0.2, 0.25) is 0 Å². The summed E-state index contributed by atoms with van der Waals surface area (Å²) in [7, 11) is 0. The number of nitriles is 1. The maximum absolute atomic E-state index is 13.1. The highest BCUT2D eigenvalue weighted by molar-refractivity contribution is 5.89. The van der Waals surface area contributed by atoms with Gasteiger partial charge in [-0.05, 0) is 19.4 Å². The van der Waals surface area contributed by atoms with Gasteiger partial charge in [-0.1, -0.05) is 18.2 Å². The van der Waals surface area contributed by atoms with Crippen molar-refractivity contribution in [1.29, 1.82) is 5.26 Å². The summed E-state index contributed by atoms with van der Waals surface area (Å²) in [4.78, 5) is 19.6. The van der Waals surface area contributed by atoms with E-state index in [-0.39, 0.29) is 18.4 Å². The molecule has 0 radical (unpaired) electrons. The first-order valence-corrected chi connectivity index (χ1v) is 9.97. The fraction of sp³-hybridized carbons (Fsp3) is 0.409. The van der Waals surface area contributed by atoms with Crippen LogP contribution in [-0.4, -0.2) is 40.1 Å². The van der Waals surface area contributed by atoms with E-state index in [4.69, 9.17) is 9.15 Å². The average Bonchev–Trinajstić information content (AvgIpc) is 3.46. The quantitative estimate of drug-likeness (QED) is 0.687. The first kappa shape index (κ1) is 18.0. The lowest BCUT2D eigenvalue weighted by molar-refractivity contribution is -0.132. The molecule has 2 aromatic heterocycles. The Balaban J connectivity index is 1.37. The third kappa shape index (κ3) is 3.00. The highest BCUT2D eigenvalue weighted by Gasteiger charge is 2.30. The average molecular weight is 390 g/mol. The van der Waals surface area contributed by atoms with E-state index in [1.165, 1.54) is 0 Å².